The van der Waals surface area contributed by atoms with Crippen LogP contribution in [-0.4, -0.2) is 26.3 Å². The van der Waals surface area contributed by atoms with Gasteiger partial charge in [-0.05, 0) is 49.2 Å². The Morgan fingerprint density at radius 1 is 1.29 bits per heavy atom. The highest BCUT2D eigenvalue weighted by molar-refractivity contribution is 7.89. The molecule has 0 amide bonds. The number of furan rings is 1. The third-order valence-corrected chi connectivity index (χ3v) is 5.47. The van der Waals surface area contributed by atoms with E-state index in [1.165, 1.54) is 4.31 Å². The molecular weight excluding hydrogens is 288 g/mol. The molecule has 6 heteroatoms. The summed E-state index contributed by atoms with van der Waals surface area (Å²) in [5.41, 5.74) is 2.08. The first-order valence-corrected chi connectivity index (χ1v) is 8.29. The summed E-state index contributed by atoms with van der Waals surface area (Å²) in [5.74, 6) is 1.42. The monoisotopic (exact) mass is 306 g/mol. The quantitative estimate of drug-likeness (QED) is 0.942. The third kappa shape index (κ3) is 2.69. The van der Waals surface area contributed by atoms with Gasteiger partial charge in [-0.1, -0.05) is 0 Å². The molecule has 1 aliphatic heterocycles. The van der Waals surface area contributed by atoms with E-state index in [2.05, 4.69) is 5.32 Å². The van der Waals surface area contributed by atoms with E-state index in [0.29, 0.717) is 10.7 Å². The van der Waals surface area contributed by atoms with Crippen LogP contribution in [0.15, 0.2) is 39.6 Å². The zero-order chi connectivity index (χ0) is 15.0. The van der Waals surface area contributed by atoms with Crippen molar-refractivity contribution in [1.29, 1.82) is 0 Å². The number of hydrogen-bond acceptors (Lipinski definition) is 4. The lowest BCUT2D eigenvalue weighted by Gasteiger charge is -2.16. The Bertz CT molecular complexity index is 765. The molecule has 0 atom stereocenters. The van der Waals surface area contributed by atoms with Gasteiger partial charge in [-0.25, -0.2) is 8.42 Å². The summed E-state index contributed by atoms with van der Waals surface area (Å²) in [5, 5.41) is 3.23. The second-order valence-corrected chi connectivity index (χ2v) is 7.31. The molecule has 0 bridgehead atoms. The lowest BCUT2D eigenvalue weighted by Crippen LogP contribution is -2.26. The molecule has 21 heavy (non-hydrogen) atoms. The standard InChI is InChI=1S/C15H18N2O3S/c1-11-3-4-13(20-11)10-17(2)21(18,19)14-5-6-15-12(9-14)7-8-16-15/h3-6,9,16H,7-8,10H2,1-2H3. The first-order chi connectivity index (χ1) is 9.96. The highest BCUT2D eigenvalue weighted by atomic mass is 32.2. The van der Waals surface area contributed by atoms with Crippen LogP contribution in [0.5, 0.6) is 0 Å². The Hall–Kier alpha value is -1.79. The lowest BCUT2D eigenvalue weighted by atomic mass is 10.2. The molecule has 0 fully saturated rings. The van der Waals surface area contributed by atoms with Crippen molar-refractivity contribution in [2.45, 2.75) is 24.8 Å². The van der Waals surface area contributed by atoms with E-state index < -0.39 is 10.0 Å². The number of hydrogen-bond donors (Lipinski definition) is 1. The van der Waals surface area contributed by atoms with Gasteiger partial charge in [0.05, 0.1) is 11.4 Å². The molecule has 2 heterocycles. The highest BCUT2D eigenvalue weighted by Gasteiger charge is 2.23. The Kier molecular flexibility index (Phi) is 3.51. The van der Waals surface area contributed by atoms with Gasteiger partial charge in [0.15, 0.2) is 0 Å². The zero-order valence-electron chi connectivity index (χ0n) is 12.1. The maximum atomic E-state index is 12.6. The van der Waals surface area contributed by atoms with Crippen LogP contribution < -0.4 is 5.32 Å². The Labute approximate surface area is 124 Å². The van der Waals surface area contributed by atoms with Gasteiger partial charge in [0.2, 0.25) is 10.0 Å². The normalized spacial score (nSPS) is 14.2. The summed E-state index contributed by atoms with van der Waals surface area (Å²) in [6.07, 6.45) is 0.861. The van der Waals surface area contributed by atoms with E-state index in [1.54, 1.807) is 25.2 Å². The number of aryl methyl sites for hydroxylation is 1. The predicted octanol–water partition coefficient (Wildman–Crippen LogP) is 2.38. The van der Waals surface area contributed by atoms with Crippen LogP contribution in [-0.2, 0) is 23.0 Å². The van der Waals surface area contributed by atoms with Crippen LogP contribution in [0, 0.1) is 6.92 Å². The predicted molar refractivity (Wildman–Crippen MR) is 80.7 cm³/mol. The van der Waals surface area contributed by atoms with E-state index in [1.807, 2.05) is 19.1 Å². The van der Waals surface area contributed by atoms with E-state index in [4.69, 9.17) is 4.42 Å². The van der Waals surface area contributed by atoms with Crippen molar-refractivity contribution in [3.8, 4) is 0 Å². The number of sulfonamides is 1. The van der Waals surface area contributed by atoms with Crippen molar-refractivity contribution in [2.75, 3.05) is 18.9 Å². The average molecular weight is 306 g/mol. The van der Waals surface area contributed by atoms with Crippen LogP contribution in [0.25, 0.3) is 0 Å². The lowest BCUT2D eigenvalue weighted by molar-refractivity contribution is 0.397. The number of fused-ring (bicyclic) bond motifs is 1. The van der Waals surface area contributed by atoms with Crippen LogP contribution in [0.1, 0.15) is 17.1 Å². The fourth-order valence-corrected chi connectivity index (χ4v) is 3.68. The van der Waals surface area contributed by atoms with Gasteiger partial charge in [-0.2, -0.15) is 4.31 Å². The van der Waals surface area contributed by atoms with Crippen LogP contribution in [0.2, 0.25) is 0 Å². The number of anilines is 1. The molecular formula is C15H18N2O3S. The summed E-state index contributed by atoms with van der Waals surface area (Å²) in [7, 11) is -1.94. The molecule has 0 unspecified atom stereocenters. The largest absolute Gasteiger partial charge is 0.465 e. The number of rotatable bonds is 4. The van der Waals surface area contributed by atoms with Gasteiger partial charge in [0.1, 0.15) is 11.5 Å². The Morgan fingerprint density at radius 3 is 2.81 bits per heavy atom. The van der Waals surface area contributed by atoms with Gasteiger partial charge in [0.25, 0.3) is 0 Å². The Balaban J connectivity index is 1.85. The number of nitrogens with one attached hydrogen (secondary N) is 1. The maximum Gasteiger partial charge on any atom is 0.243 e. The van der Waals surface area contributed by atoms with Gasteiger partial charge in [0, 0.05) is 19.3 Å². The van der Waals surface area contributed by atoms with Crippen LogP contribution >= 0.6 is 0 Å². The van der Waals surface area contributed by atoms with Crippen molar-refractivity contribution in [1.82, 2.24) is 4.31 Å². The topological polar surface area (TPSA) is 62.6 Å². The molecule has 0 radical (unpaired) electrons. The van der Waals surface area contributed by atoms with Crippen LogP contribution in [0.3, 0.4) is 0 Å². The molecule has 1 N–H and O–H groups in total. The molecule has 1 aliphatic rings. The minimum absolute atomic E-state index is 0.228. The van der Waals surface area contributed by atoms with Crippen molar-refractivity contribution < 1.29 is 12.8 Å². The van der Waals surface area contributed by atoms with E-state index >= 15 is 0 Å². The second-order valence-electron chi connectivity index (χ2n) is 5.27. The molecule has 0 spiro atoms. The minimum atomic E-state index is -3.50. The van der Waals surface area contributed by atoms with Crippen LogP contribution in [0.4, 0.5) is 5.69 Å². The number of benzene rings is 1. The molecule has 0 saturated carbocycles. The summed E-state index contributed by atoms with van der Waals surface area (Å²) in [4.78, 5) is 0.329. The minimum Gasteiger partial charge on any atom is -0.465 e. The average Bonchev–Trinajstić information content (AvgIpc) is 3.06. The summed E-state index contributed by atoms with van der Waals surface area (Å²) in [6, 6.07) is 8.87. The molecule has 0 aliphatic carbocycles. The Morgan fingerprint density at radius 2 is 2.10 bits per heavy atom. The van der Waals surface area contributed by atoms with E-state index in [9.17, 15) is 8.42 Å². The summed E-state index contributed by atoms with van der Waals surface area (Å²) >= 11 is 0. The van der Waals surface area contributed by atoms with E-state index in [0.717, 1.165) is 30.0 Å². The van der Waals surface area contributed by atoms with Gasteiger partial charge in [-0.3, -0.25) is 0 Å². The highest BCUT2D eigenvalue weighted by Crippen LogP contribution is 2.26. The van der Waals surface area contributed by atoms with Crippen molar-refractivity contribution in [3.05, 3.63) is 47.4 Å². The zero-order valence-corrected chi connectivity index (χ0v) is 12.9. The van der Waals surface area contributed by atoms with Crippen molar-refractivity contribution in [3.63, 3.8) is 0 Å². The first-order valence-electron chi connectivity index (χ1n) is 6.85. The summed E-state index contributed by atoms with van der Waals surface area (Å²) < 4.78 is 32.0. The smallest absolute Gasteiger partial charge is 0.243 e. The summed E-state index contributed by atoms with van der Waals surface area (Å²) in [6.45, 7) is 2.93. The molecule has 5 nitrogen and oxygen atoms in total. The molecule has 112 valence electrons. The maximum absolute atomic E-state index is 12.6. The van der Waals surface area contributed by atoms with Crippen molar-refractivity contribution in [2.24, 2.45) is 0 Å². The van der Waals surface area contributed by atoms with Gasteiger partial charge < -0.3 is 9.73 Å². The SMILES string of the molecule is Cc1ccc(CN(C)S(=O)(=O)c2ccc3c(c2)CCN3)o1. The molecule has 1 aromatic carbocycles. The van der Waals surface area contributed by atoms with Gasteiger partial charge >= 0.3 is 0 Å². The van der Waals surface area contributed by atoms with Gasteiger partial charge in [-0.15, -0.1) is 0 Å². The fourth-order valence-electron chi connectivity index (χ4n) is 2.50. The molecule has 1 aromatic heterocycles. The molecule has 0 saturated heterocycles. The number of nitrogens with zero attached hydrogens (tertiary/aromatic N) is 1. The molecule has 2 aromatic rings. The third-order valence-electron chi connectivity index (χ3n) is 3.67. The fraction of sp³-hybridized carbons (Fsp3) is 0.333. The van der Waals surface area contributed by atoms with E-state index in [-0.39, 0.29) is 6.54 Å². The molecule has 3 rings (SSSR count). The second kappa shape index (κ2) is 5.20. The van der Waals surface area contributed by atoms with Crippen molar-refractivity contribution >= 4 is 15.7 Å². The first kappa shape index (κ1) is 14.2.